The van der Waals surface area contributed by atoms with Gasteiger partial charge in [0, 0.05) is 12.8 Å². The summed E-state index contributed by atoms with van der Waals surface area (Å²) < 4.78 is 10.6. The molecule has 5 heteroatoms. The highest BCUT2D eigenvalue weighted by molar-refractivity contribution is 5.70. The van der Waals surface area contributed by atoms with Crippen molar-refractivity contribution in [2.24, 2.45) is 0 Å². The highest BCUT2D eigenvalue weighted by atomic mass is 16.6. The molecule has 0 aromatic heterocycles. The molecule has 0 rings (SSSR count). The number of carbonyl (C=O) groups is 2. The highest BCUT2D eigenvalue weighted by Gasteiger charge is 2.16. The first-order chi connectivity index (χ1) is 23.6. The smallest absolute Gasteiger partial charge is 0.306 e. The van der Waals surface area contributed by atoms with E-state index in [2.05, 4.69) is 74.6 Å². The van der Waals surface area contributed by atoms with Gasteiger partial charge in [0.2, 0.25) is 0 Å². The van der Waals surface area contributed by atoms with Crippen LogP contribution < -0.4 is 0 Å². The van der Waals surface area contributed by atoms with Crippen molar-refractivity contribution in [1.29, 1.82) is 0 Å². The van der Waals surface area contributed by atoms with Crippen LogP contribution in [0.2, 0.25) is 0 Å². The number of hydrogen-bond donors (Lipinski definition) is 1. The Hall–Kier alpha value is -2.40. The molecule has 0 aliphatic carbocycles. The Kier molecular flexibility index (Phi) is 37.1. The maximum atomic E-state index is 12.1. The van der Waals surface area contributed by atoms with E-state index in [9.17, 15) is 14.7 Å². The van der Waals surface area contributed by atoms with Crippen LogP contribution in [0.1, 0.15) is 181 Å². The van der Waals surface area contributed by atoms with Crippen LogP contribution in [-0.2, 0) is 19.1 Å². The zero-order valence-corrected chi connectivity index (χ0v) is 31.2. The average Bonchev–Trinajstić information content (AvgIpc) is 3.09. The predicted octanol–water partition coefficient (Wildman–Crippen LogP) is 12.4. The Labute approximate surface area is 296 Å². The molecule has 0 fully saturated rings. The fraction of sp³-hybridized carbons (Fsp3) is 0.721. The summed E-state index contributed by atoms with van der Waals surface area (Å²) in [6.45, 7) is 4.04. The van der Waals surface area contributed by atoms with E-state index in [1.807, 2.05) is 0 Å². The molecule has 1 unspecified atom stereocenters. The lowest BCUT2D eigenvalue weighted by Gasteiger charge is -2.15. The van der Waals surface area contributed by atoms with Crippen LogP contribution in [0.4, 0.5) is 0 Å². The van der Waals surface area contributed by atoms with E-state index in [1.165, 1.54) is 96.3 Å². The van der Waals surface area contributed by atoms with Gasteiger partial charge >= 0.3 is 11.9 Å². The first-order valence-electron chi connectivity index (χ1n) is 19.8. The van der Waals surface area contributed by atoms with Gasteiger partial charge in [-0.2, -0.15) is 0 Å². The van der Waals surface area contributed by atoms with Gasteiger partial charge in [-0.05, 0) is 83.5 Å². The summed E-state index contributed by atoms with van der Waals surface area (Å²) in [5.74, 6) is -0.643. The third-order valence-corrected chi connectivity index (χ3v) is 8.28. The molecule has 0 radical (unpaired) electrons. The first-order valence-corrected chi connectivity index (χ1v) is 19.8. The van der Waals surface area contributed by atoms with Crippen LogP contribution in [-0.4, -0.2) is 36.4 Å². The van der Waals surface area contributed by atoms with Crippen LogP contribution in [0.3, 0.4) is 0 Å². The summed E-state index contributed by atoms with van der Waals surface area (Å²) in [5.41, 5.74) is 0. The number of allylic oxidation sites excluding steroid dienone is 10. The number of esters is 2. The topological polar surface area (TPSA) is 72.8 Å². The van der Waals surface area contributed by atoms with Gasteiger partial charge in [0.1, 0.15) is 6.61 Å². The van der Waals surface area contributed by atoms with Gasteiger partial charge < -0.3 is 14.6 Å². The molecular weight excluding hydrogens is 596 g/mol. The van der Waals surface area contributed by atoms with Crippen LogP contribution in [0.15, 0.2) is 60.8 Å². The molecule has 0 spiro atoms. The molecule has 0 aromatic rings. The third kappa shape index (κ3) is 36.4. The van der Waals surface area contributed by atoms with Gasteiger partial charge in [0.25, 0.3) is 0 Å². The number of carbonyl (C=O) groups excluding carboxylic acids is 2. The van der Waals surface area contributed by atoms with Crippen molar-refractivity contribution >= 4 is 11.9 Å². The SMILES string of the molecule is CCCCCC=CCC=CCC=CCCCCC(=O)OC(CO)COC(=O)CCCCCCCCCCCC=CCC=CCCCCC. The number of rotatable bonds is 35. The van der Waals surface area contributed by atoms with E-state index in [4.69, 9.17) is 9.47 Å². The predicted molar refractivity (Wildman–Crippen MR) is 205 cm³/mol. The van der Waals surface area contributed by atoms with Crippen LogP contribution in [0.25, 0.3) is 0 Å². The molecule has 1 atom stereocenters. The Balaban J connectivity index is 3.62. The van der Waals surface area contributed by atoms with Crippen molar-refractivity contribution in [1.82, 2.24) is 0 Å². The fourth-order valence-electron chi connectivity index (χ4n) is 5.24. The van der Waals surface area contributed by atoms with Crippen molar-refractivity contribution in [3.63, 3.8) is 0 Å². The van der Waals surface area contributed by atoms with E-state index in [-0.39, 0.29) is 25.2 Å². The second-order valence-corrected chi connectivity index (χ2v) is 13.0. The number of aliphatic hydroxyl groups excluding tert-OH is 1. The zero-order valence-electron chi connectivity index (χ0n) is 31.2. The number of hydrogen-bond acceptors (Lipinski definition) is 5. The lowest BCUT2D eigenvalue weighted by atomic mass is 10.1. The minimum Gasteiger partial charge on any atom is -0.462 e. The Morgan fingerprint density at radius 2 is 0.833 bits per heavy atom. The van der Waals surface area contributed by atoms with Gasteiger partial charge in [-0.1, -0.05) is 145 Å². The normalized spacial score (nSPS) is 12.8. The van der Waals surface area contributed by atoms with E-state index >= 15 is 0 Å². The van der Waals surface area contributed by atoms with Crippen molar-refractivity contribution in [3.8, 4) is 0 Å². The maximum Gasteiger partial charge on any atom is 0.306 e. The van der Waals surface area contributed by atoms with Gasteiger partial charge in [0.15, 0.2) is 6.10 Å². The molecule has 0 aliphatic heterocycles. The van der Waals surface area contributed by atoms with E-state index < -0.39 is 6.10 Å². The molecule has 0 amide bonds. The minimum atomic E-state index is -0.794. The molecule has 1 N–H and O–H groups in total. The van der Waals surface area contributed by atoms with Gasteiger partial charge in [-0.3, -0.25) is 9.59 Å². The molecule has 0 heterocycles. The fourth-order valence-corrected chi connectivity index (χ4v) is 5.24. The highest BCUT2D eigenvalue weighted by Crippen LogP contribution is 2.12. The Morgan fingerprint density at radius 3 is 1.29 bits per heavy atom. The second kappa shape index (κ2) is 39.0. The minimum absolute atomic E-state index is 0.0854. The van der Waals surface area contributed by atoms with E-state index in [1.54, 1.807) is 0 Å². The monoisotopic (exact) mass is 671 g/mol. The number of ether oxygens (including phenoxy) is 2. The summed E-state index contributed by atoms with van der Waals surface area (Å²) in [4.78, 5) is 24.2. The van der Waals surface area contributed by atoms with Gasteiger partial charge in [0.05, 0.1) is 6.61 Å². The largest absolute Gasteiger partial charge is 0.462 e. The van der Waals surface area contributed by atoms with Gasteiger partial charge in [-0.15, -0.1) is 0 Å². The Bertz CT molecular complexity index is 853. The third-order valence-electron chi connectivity index (χ3n) is 8.28. The number of aliphatic hydroxyl groups is 1. The maximum absolute atomic E-state index is 12.1. The average molecular weight is 671 g/mol. The molecule has 0 aliphatic rings. The molecule has 0 bridgehead atoms. The van der Waals surface area contributed by atoms with Crippen LogP contribution in [0.5, 0.6) is 0 Å². The quantitative estimate of drug-likeness (QED) is 0.0413. The summed E-state index contributed by atoms with van der Waals surface area (Å²) >= 11 is 0. The summed E-state index contributed by atoms with van der Waals surface area (Å²) in [6, 6.07) is 0. The van der Waals surface area contributed by atoms with Gasteiger partial charge in [-0.25, -0.2) is 0 Å². The summed E-state index contributed by atoms with van der Waals surface area (Å²) in [7, 11) is 0. The summed E-state index contributed by atoms with van der Waals surface area (Å²) in [6.07, 6.45) is 49.9. The van der Waals surface area contributed by atoms with E-state index in [0.29, 0.717) is 12.8 Å². The molecule has 5 nitrogen and oxygen atoms in total. The number of unbranched alkanes of at least 4 members (excludes halogenated alkanes) is 17. The lowest BCUT2D eigenvalue weighted by Crippen LogP contribution is -2.28. The van der Waals surface area contributed by atoms with Crippen LogP contribution >= 0.6 is 0 Å². The first kappa shape index (κ1) is 45.6. The summed E-state index contributed by atoms with van der Waals surface area (Å²) in [5, 5.41) is 9.54. The Morgan fingerprint density at radius 1 is 0.479 bits per heavy atom. The molecular formula is C43H74O5. The van der Waals surface area contributed by atoms with Crippen LogP contribution in [0, 0.1) is 0 Å². The van der Waals surface area contributed by atoms with Crippen molar-refractivity contribution < 1.29 is 24.2 Å². The molecule has 276 valence electrons. The van der Waals surface area contributed by atoms with Crippen molar-refractivity contribution in [3.05, 3.63) is 60.8 Å². The standard InChI is InChI=1S/C43H74O5/c1-3-5-7-9-11-13-15-17-19-20-21-22-24-25-27-29-31-33-35-37-42(45)47-40-41(39-44)48-43(46)38-36-34-32-30-28-26-23-18-16-14-12-10-8-6-4-2/h11-14,17-19,23,28,30,41,44H,3-10,15-16,20-22,24-27,29,31-40H2,1-2H3. The van der Waals surface area contributed by atoms with Crippen molar-refractivity contribution in [2.45, 2.75) is 187 Å². The molecule has 0 saturated heterocycles. The second-order valence-electron chi connectivity index (χ2n) is 13.0. The van der Waals surface area contributed by atoms with Crippen molar-refractivity contribution in [2.75, 3.05) is 13.2 Å². The van der Waals surface area contributed by atoms with E-state index in [0.717, 1.165) is 57.8 Å². The molecule has 0 aromatic carbocycles. The molecule has 0 saturated carbocycles. The zero-order chi connectivity index (χ0) is 35.0. The lowest BCUT2D eigenvalue weighted by molar-refractivity contribution is -0.161. The molecule has 48 heavy (non-hydrogen) atoms.